The molecule has 0 bridgehead atoms. The SMILES string of the molecule is CCN(CC(C)C#N)C(=O)CC(C)(C)N. The van der Waals surface area contributed by atoms with E-state index < -0.39 is 5.54 Å². The average molecular weight is 211 g/mol. The van der Waals surface area contributed by atoms with Crippen LogP contribution in [0.1, 0.15) is 34.1 Å². The second-order valence-corrected chi connectivity index (χ2v) is 4.63. The maximum absolute atomic E-state index is 11.8. The van der Waals surface area contributed by atoms with Crippen LogP contribution in [0, 0.1) is 17.2 Å². The molecule has 0 aromatic heterocycles. The Morgan fingerprint density at radius 1 is 1.60 bits per heavy atom. The molecule has 2 N–H and O–H groups in total. The molecule has 0 aliphatic heterocycles. The summed E-state index contributed by atoms with van der Waals surface area (Å²) >= 11 is 0. The minimum absolute atomic E-state index is 0.0205. The van der Waals surface area contributed by atoms with Gasteiger partial charge in [-0.1, -0.05) is 0 Å². The number of nitrogens with two attached hydrogens (primary N) is 1. The zero-order valence-electron chi connectivity index (χ0n) is 10.1. The van der Waals surface area contributed by atoms with Crippen molar-refractivity contribution in [1.82, 2.24) is 4.90 Å². The Labute approximate surface area is 92.0 Å². The second kappa shape index (κ2) is 5.72. The number of rotatable bonds is 5. The highest BCUT2D eigenvalue weighted by atomic mass is 16.2. The molecule has 15 heavy (non-hydrogen) atoms. The van der Waals surface area contributed by atoms with Gasteiger partial charge in [0.1, 0.15) is 0 Å². The molecule has 0 radical (unpaired) electrons. The number of amides is 1. The van der Waals surface area contributed by atoms with Crippen LogP contribution in [0.4, 0.5) is 0 Å². The molecule has 0 aromatic carbocycles. The van der Waals surface area contributed by atoms with E-state index >= 15 is 0 Å². The summed E-state index contributed by atoms with van der Waals surface area (Å²) in [7, 11) is 0. The second-order valence-electron chi connectivity index (χ2n) is 4.63. The summed E-state index contributed by atoms with van der Waals surface area (Å²) in [5.74, 6) is -0.109. The van der Waals surface area contributed by atoms with Crippen LogP contribution < -0.4 is 5.73 Å². The highest BCUT2D eigenvalue weighted by Crippen LogP contribution is 2.08. The lowest BCUT2D eigenvalue weighted by atomic mass is 10.0. The standard InChI is InChI=1S/C11H21N3O/c1-5-14(8-9(2)7-12)10(15)6-11(3,4)13/h9H,5-6,8,13H2,1-4H3. The van der Waals surface area contributed by atoms with E-state index in [2.05, 4.69) is 6.07 Å². The van der Waals surface area contributed by atoms with E-state index in [-0.39, 0.29) is 11.8 Å². The van der Waals surface area contributed by atoms with Crippen LogP contribution in [0.2, 0.25) is 0 Å². The van der Waals surface area contributed by atoms with Crippen molar-refractivity contribution in [3.8, 4) is 6.07 Å². The molecule has 0 aliphatic carbocycles. The third kappa shape index (κ3) is 6.08. The summed E-state index contributed by atoms with van der Waals surface area (Å²) in [6.45, 7) is 8.48. The van der Waals surface area contributed by atoms with Crippen LogP contribution in [0.5, 0.6) is 0 Å². The van der Waals surface area contributed by atoms with Gasteiger partial charge >= 0.3 is 0 Å². The summed E-state index contributed by atoms with van der Waals surface area (Å²) in [6.07, 6.45) is 0.318. The Morgan fingerprint density at radius 2 is 2.13 bits per heavy atom. The van der Waals surface area contributed by atoms with E-state index in [4.69, 9.17) is 11.0 Å². The van der Waals surface area contributed by atoms with Gasteiger partial charge in [-0.2, -0.15) is 5.26 Å². The monoisotopic (exact) mass is 211 g/mol. The van der Waals surface area contributed by atoms with E-state index in [1.54, 1.807) is 4.90 Å². The molecule has 0 aromatic rings. The van der Waals surface area contributed by atoms with E-state index in [1.807, 2.05) is 27.7 Å². The van der Waals surface area contributed by atoms with Crippen molar-refractivity contribution in [2.75, 3.05) is 13.1 Å². The summed E-state index contributed by atoms with van der Waals surface area (Å²) in [5.41, 5.74) is 5.29. The number of nitriles is 1. The molecule has 0 fully saturated rings. The molecule has 1 amide bonds. The number of hydrogen-bond acceptors (Lipinski definition) is 3. The van der Waals surface area contributed by atoms with E-state index in [1.165, 1.54) is 0 Å². The maximum Gasteiger partial charge on any atom is 0.224 e. The third-order valence-corrected chi connectivity index (χ3v) is 2.06. The van der Waals surface area contributed by atoms with Crippen LogP contribution >= 0.6 is 0 Å². The smallest absolute Gasteiger partial charge is 0.224 e. The maximum atomic E-state index is 11.8. The van der Waals surface area contributed by atoms with Gasteiger partial charge < -0.3 is 10.6 Å². The largest absolute Gasteiger partial charge is 0.342 e. The quantitative estimate of drug-likeness (QED) is 0.741. The Bertz CT molecular complexity index is 250. The molecular weight excluding hydrogens is 190 g/mol. The Kier molecular flexibility index (Phi) is 5.31. The van der Waals surface area contributed by atoms with Gasteiger partial charge in [0.15, 0.2) is 0 Å². The molecule has 4 nitrogen and oxygen atoms in total. The summed E-state index contributed by atoms with van der Waals surface area (Å²) in [5, 5.41) is 8.68. The Balaban J connectivity index is 4.30. The van der Waals surface area contributed by atoms with Gasteiger partial charge in [-0.05, 0) is 27.7 Å². The van der Waals surface area contributed by atoms with Gasteiger partial charge in [0.25, 0.3) is 0 Å². The minimum atomic E-state index is -0.486. The molecule has 0 saturated heterocycles. The molecule has 0 rings (SSSR count). The molecular formula is C11H21N3O. The normalized spacial score (nSPS) is 13.1. The van der Waals surface area contributed by atoms with Crippen molar-refractivity contribution in [1.29, 1.82) is 5.26 Å². The number of nitrogens with zero attached hydrogens (tertiary/aromatic N) is 2. The Hall–Kier alpha value is -1.08. The van der Waals surface area contributed by atoms with Crippen LogP contribution in [0.25, 0.3) is 0 Å². The third-order valence-electron chi connectivity index (χ3n) is 2.06. The molecule has 1 atom stereocenters. The molecule has 1 unspecified atom stereocenters. The van der Waals surface area contributed by atoms with Crippen LogP contribution in [-0.4, -0.2) is 29.4 Å². The van der Waals surface area contributed by atoms with E-state index in [9.17, 15) is 4.79 Å². The molecule has 0 spiro atoms. The van der Waals surface area contributed by atoms with Crippen molar-refractivity contribution in [2.24, 2.45) is 11.7 Å². The van der Waals surface area contributed by atoms with Gasteiger partial charge in [0, 0.05) is 25.0 Å². The predicted molar refractivity (Wildman–Crippen MR) is 59.9 cm³/mol. The zero-order valence-corrected chi connectivity index (χ0v) is 10.1. The minimum Gasteiger partial charge on any atom is -0.342 e. The van der Waals surface area contributed by atoms with Gasteiger partial charge in [-0.25, -0.2) is 0 Å². The first-order chi connectivity index (χ1) is 6.80. The first-order valence-corrected chi connectivity index (χ1v) is 5.26. The average Bonchev–Trinajstić information content (AvgIpc) is 2.10. The molecule has 0 aliphatic rings. The fraction of sp³-hybridized carbons (Fsp3) is 0.818. The lowest BCUT2D eigenvalue weighted by Gasteiger charge is -2.26. The fourth-order valence-electron chi connectivity index (χ4n) is 1.28. The summed E-state index contributed by atoms with van der Waals surface area (Å²) in [4.78, 5) is 13.5. The van der Waals surface area contributed by atoms with Crippen LogP contribution in [0.15, 0.2) is 0 Å². The van der Waals surface area contributed by atoms with Gasteiger partial charge in [-0.3, -0.25) is 4.79 Å². The Morgan fingerprint density at radius 3 is 2.47 bits per heavy atom. The van der Waals surface area contributed by atoms with Crippen molar-refractivity contribution >= 4 is 5.91 Å². The molecule has 4 heteroatoms. The lowest BCUT2D eigenvalue weighted by Crippen LogP contribution is -2.42. The van der Waals surface area contributed by atoms with Crippen molar-refractivity contribution in [3.05, 3.63) is 0 Å². The molecule has 0 heterocycles. The first-order valence-electron chi connectivity index (χ1n) is 5.26. The van der Waals surface area contributed by atoms with Gasteiger partial charge in [0.2, 0.25) is 5.91 Å². The number of hydrogen-bond donors (Lipinski definition) is 1. The first kappa shape index (κ1) is 13.9. The molecule has 86 valence electrons. The predicted octanol–water partition coefficient (Wildman–Crippen LogP) is 1.12. The van der Waals surface area contributed by atoms with Crippen LogP contribution in [0.3, 0.4) is 0 Å². The highest BCUT2D eigenvalue weighted by Gasteiger charge is 2.21. The molecule has 0 saturated carbocycles. The highest BCUT2D eigenvalue weighted by molar-refractivity contribution is 5.77. The van der Waals surface area contributed by atoms with Crippen molar-refractivity contribution < 1.29 is 4.79 Å². The van der Waals surface area contributed by atoms with E-state index in [0.29, 0.717) is 19.5 Å². The van der Waals surface area contributed by atoms with Crippen molar-refractivity contribution in [2.45, 2.75) is 39.7 Å². The zero-order chi connectivity index (χ0) is 12.1. The fourth-order valence-corrected chi connectivity index (χ4v) is 1.28. The van der Waals surface area contributed by atoms with Gasteiger partial charge in [0.05, 0.1) is 12.0 Å². The van der Waals surface area contributed by atoms with E-state index in [0.717, 1.165) is 0 Å². The lowest BCUT2D eigenvalue weighted by molar-refractivity contribution is -0.132. The van der Waals surface area contributed by atoms with Crippen molar-refractivity contribution in [3.63, 3.8) is 0 Å². The van der Waals surface area contributed by atoms with Crippen LogP contribution in [-0.2, 0) is 4.79 Å². The van der Waals surface area contributed by atoms with Gasteiger partial charge in [-0.15, -0.1) is 0 Å². The number of carbonyl (C=O) groups is 1. The number of carbonyl (C=O) groups excluding carboxylic acids is 1. The topological polar surface area (TPSA) is 70.1 Å². The summed E-state index contributed by atoms with van der Waals surface area (Å²) < 4.78 is 0. The summed E-state index contributed by atoms with van der Waals surface area (Å²) in [6, 6.07) is 2.12.